The number of carbonyl (C=O) groups is 3. The molecule has 2 aromatic carbocycles. The number of hydrogen-bond acceptors (Lipinski definition) is 4. The van der Waals surface area contributed by atoms with Crippen LogP contribution in [0.5, 0.6) is 0 Å². The second-order valence-electron chi connectivity index (χ2n) is 6.02. The molecular weight excluding hydrogens is 412 g/mol. The Morgan fingerprint density at radius 2 is 1.59 bits per heavy atom. The molecule has 0 spiro atoms. The first-order valence-corrected chi connectivity index (χ1v) is 9.01. The molecule has 0 bridgehead atoms. The van der Waals surface area contributed by atoms with Crippen LogP contribution >= 0.6 is 15.9 Å². The van der Waals surface area contributed by atoms with Crippen molar-refractivity contribution in [1.29, 1.82) is 0 Å². The van der Waals surface area contributed by atoms with Gasteiger partial charge in [0.1, 0.15) is 0 Å². The van der Waals surface area contributed by atoms with Gasteiger partial charge in [-0.3, -0.25) is 9.59 Å². The van der Waals surface area contributed by atoms with Crippen molar-refractivity contribution in [2.75, 3.05) is 17.7 Å². The number of benzene rings is 2. The molecule has 0 saturated carbocycles. The largest absolute Gasteiger partial charge is 0.466 e. The van der Waals surface area contributed by atoms with Crippen LogP contribution in [-0.4, -0.2) is 24.9 Å². The Labute approximate surface area is 164 Å². The van der Waals surface area contributed by atoms with Gasteiger partial charge in [-0.15, -0.1) is 0 Å². The van der Waals surface area contributed by atoms with Gasteiger partial charge in [0, 0.05) is 21.9 Å². The number of nitrogens with one attached hydrogen (secondary N) is 2. The minimum absolute atomic E-state index is 0.00379. The molecule has 0 radical (unpaired) electrons. The van der Waals surface area contributed by atoms with Crippen molar-refractivity contribution in [2.45, 2.75) is 12.8 Å². The van der Waals surface area contributed by atoms with Crippen molar-refractivity contribution in [3.05, 3.63) is 63.6 Å². The maximum atomic E-state index is 11.1. The molecule has 2 aliphatic heterocycles. The fourth-order valence-corrected chi connectivity index (χ4v) is 3.19. The Kier molecular flexibility index (Phi) is 5.71. The lowest BCUT2D eigenvalue weighted by Crippen LogP contribution is -2.03. The number of hydrogen-bond donors (Lipinski definition) is 2. The Morgan fingerprint density at radius 3 is 2.22 bits per heavy atom. The third-order valence-corrected chi connectivity index (χ3v) is 4.55. The summed E-state index contributed by atoms with van der Waals surface area (Å²) in [6.45, 7) is 0. The highest BCUT2D eigenvalue weighted by Gasteiger charge is 2.17. The maximum absolute atomic E-state index is 11.1. The van der Waals surface area contributed by atoms with Gasteiger partial charge in [-0.2, -0.15) is 0 Å². The summed E-state index contributed by atoms with van der Waals surface area (Å²) in [4.78, 5) is 32.9. The Hall–Kier alpha value is -2.93. The highest BCUT2D eigenvalue weighted by molar-refractivity contribution is 9.10. The Bertz CT molecular complexity index is 953. The van der Waals surface area contributed by atoms with Crippen LogP contribution in [0.4, 0.5) is 11.4 Å². The van der Waals surface area contributed by atoms with E-state index >= 15 is 0 Å². The molecular formula is C20H17BrN2O4. The molecule has 2 aromatic rings. The molecule has 0 saturated heterocycles. The van der Waals surface area contributed by atoms with Gasteiger partial charge in [0.15, 0.2) is 0 Å². The number of carbonyl (C=O) groups excluding carboxylic acids is 3. The summed E-state index contributed by atoms with van der Waals surface area (Å²) in [7, 11) is 1.33. The van der Waals surface area contributed by atoms with Gasteiger partial charge >= 0.3 is 5.97 Å². The first-order valence-electron chi connectivity index (χ1n) is 8.21. The highest BCUT2D eigenvalue weighted by Crippen LogP contribution is 2.26. The van der Waals surface area contributed by atoms with E-state index < -0.39 is 5.97 Å². The van der Waals surface area contributed by atoms with Gasteiger partial charge in [-0.1, -0.05) is 22.0 Å². The quantitative estimate of drug-likeness (QED) is 0.567. The topological polar surface area (TPSA) is 84.5 Å². The van der Waals surface area contributed by atoms with Crippen LogP contribution in [0.15, 0.2) is 46.9 Å². The van der Waals surface area contributed by atoms with E-state index in [0.717, 1.165) is 32.5 Å². The normalized spacial score (nSPS) is 14.0. The zero-order valence-corrected chi connectivity index (χ0v) is 16.1. The number of halogens is 1. The first-order chi connectivity index (χ1) is 12.9. The van der Waals surface area contributed by atoms with Gasteiger partial charge < -0.3 is 15.4 Å². The summed E-state index contributed by atoms with van der Waals surface area (Å²) in [5.74, 6) is -0.308. The number of methoxy groups -OCH3 is 1. The fraction of sp³-hybridized carbons (Fsp3) is 0.150. The zero-order valence-electron chi connectivity index (χ0n) is 14.5. The van der Waals surface area contributed by atoms with E-state index in [1.54, 1.807) is 6.08 Å². The van der Waals surface area contributed by atoms with Crippen LogP contribution in [0.25, 0.3) is 6.08 Å². The second kappa shape index (κ2) is 8.18. The number of amides is 2. The maximum Gasteiger partial charge on any atom is 0.330 e. The van der Waals surface area contributed by atoms with Gasteiger partial charge in [0.05, 0.1) is 20.0 Å². The van der Waals surface area contributed by atoms with E-state index in [2.05, 4.69) is 31.3 Å². The van der Waals surface area contributed by atoms with Gasteiger partial charge in [-0.05, 0) is 53.1 Å². The van der Waals surface area contributed by atoms with Crippen molar-refractivity contribution < 1.29 is 19.1 Å². The molecule has 138 valence electrons. The molecule has 7 heteroatoms. The van der Waals surface area contributed by atoms with Crippen LogP contribution in [0.2, 0.25) is 0 Å². The number of ether oxygens (including phenoxy) is 1. The molecule has 0 unspecified atom stereocenters. The lowest BCUT2D eigenvalue weighted by Gasteiger charge is -1.99. The number of fused-ring (bicyclic) bond motifs is 2. The van der Waals surface area contributed by atoms with Crippen LogP contribution in [0, 0.1) is 0 Å². The number of anilines is 2. The minimum Gasteiger partial charge on any atom is -0.466 e. The molecule has 0 fully saturated rings. The monoisotopic (exact) mass is 428 g/mol. The zero-order chi connectivity index (χ0) is 19.4. The molecule has 2 heterocycles. The van der Waals surface area contributed by atoms with E-state index in [1.165, 1.54) is 13.2 Å². The standard InChI is InChI=1S/C12H11NO3.C8H6BrNO/c1-16-12(15)5-3-8-2-4-10-9(6-8)7-11(14)13-10;9-6-1-2-7-5(3-6)4-8(11)10-7/h2-6H,7H2,1H3,(H,13,14);1-3H,4H2,(H,10,11)/b5-3+;. The van der Waals surface area contributed by atoms with E-state index in [4.69, 9.17) is 0 Å². The minimum atomic E-state index is -0.394. The lowest BCUT2D eigenvalue weighted by molar-refractivity contribution is -0.134. The van der Waals surface area contributed by atoms with Gasteiger partial charge in [0.2, 0.25) is 11.8 Å². The first kappa shape index (κ1) is 18.8. The van der Waals surface area contributed by atoms with Crippen molar-refractivity contribution in [3.63, 3.8) is 0 Å². The van der Waals surface area contributed by atoms with Crippen LogP contribution in [-0.2, 0) is 32.0 Å². The van der Waals surface area contributed by atoms with Crippen molar-refractivity contribution in [3.8, 4) is 0 Å². The molecule has 2 amide bonds. The molecule has 2 aliphatic rings. The van der Waals surface area contributed by atoms with E-state index in [1.807, 2.05) is 36.4 Å². The summed E-state index contributed by atoms with van der Waals surface area (Å²) >= 11 is 3.35. The smallest absolute Gasteiger partial charge is 0.330 e. The third kappa shape index (κ3) is 4.83. The summed E-state index contributed by atoms with van der Waals surface area (Å²) in [5.41, 5.74) is 4.69. The SMILES string of the molecule is COC(=O)/C=C/c1ccc2c(c1)CC(=O)N2.O=C1Cc2cc(Br)ccc2N1. The summed E-state index contributed by atoms with van der Waals surface area (Å²) in [6, 6.07) is 11.3. The molecule has 0 aromatic heterocycles. The number of rotatable bonds is 2. The van der Waals surface area contributed by atoms with Crippen LogP contribution in [0.1, 0.15) is 16.7 Å². The number of esters is 1. The third-order valence-electron chi connectivity index (χ3n) is 4.06. The Balaban J connectivity index is 0.000000166. The summed E-state index contributed by atoms with van der Waals surface area (Å²) in [5, 5.41) is 5.51. The molecule has 27 heavy (non-hydrogen) atoms. The highest BCUT2D eigenvalue weighted by atomic mass is 79.9. The molecule has 2 N–H and O–H groups in total. The van der Waals surface area contributed by atoms with Crippen molar-refractivity contribution >= 4 is 51.2 Å². The van der Waals surface area contributed by atoms with E-state index in [-0.39, 0.29) is 11.8 Å². The summed E-state index contributed by atoms with van der Waals surface area (Å²) < 4.78 is 5.51. The Morgan fingerprint density at radius 1 is 1.00 bits per heavy atom. The van der Waals surface area contributed by atoms with E-state index in [9.17, 15) is 14.4 Å². The predicted octanol–water partition coefficient (Wildman–Crippen LogP) is 3.31. The van der Waals surface area contributed by atoms with Crippen LogP contribution in [0.3, 0.4) is 0 Å². The molecule has 6 nitrogen and oxygen atoms in total. The van der Waals surface area contributed by atoms with Crippen molar-refractivity contribution in [2.24, 2.45) is 0 Å². The van der Waals surface area contributed by atoms with Gasteiger partial charge in [0.25, 0.3) is 0 Å². The molecule has 4 rings (SSSR count). The van der Waals surface area contributed by atoms with Crippen molar-refractivity contribution in [1.82, 2.24) is 0 Å². The van der Waals surface area contributed by atoms with Crippen LogP contribution < -0.4 is 10.6 Å². The average molecular weight is 429 g/mol. The second-order valence-corrected chi connectivity index (χ2v) is 6.94. The summed E-state index contributed by atoms with van der Waals surface area (Å²) in [6.07, 6.45) is 3.92. The lowest BCUT2D eigenvalue weighted by atomic mass is 10.1. The molecule has 0 aliphatic carbocycles. The van der Waals surface area contributed by atoms with E-state index in [0.29, 0.717) is 12.8 Å². The molecule has 0 atom stereocenters. The average Bonchev–Trinajstić information content (AvgIpc) is 3.19. The fourth-order valence-electron chi connectivity index (χ4n) is 2.78. The van der Waals surface area contributed by atoms with Gasteiger partial charge in [-0.25, -0.2) is 4.79 Å². The predicted molar refractivity (Wildman–Crippen MR) is 106 cm³/mol.